The highest BCUT2D eigenvalue weighted by Gasteiger charge is 2.22. The Morgan fingerprint density at radius 2 is 2.00 bits per heavy atom. The van der Waals surface area contributed by atoms with E-state index in [1.54, 1.807) is 11.3 Å². The lowest BCUT2D eigenvalue weighted by atomic mass is 10.1. The van der Waals surface area contributed by atoms with Crippen LogP contribution in [0.1, 0.15) is 50.1 Å². The van der Waals surface area contributed by atoms with Crippen molar-refractivity contribution in [2.24, 2.45) is 0 Å². The van der Waals surface area contributed by atoms with Gasteiger partial charge < -0.3 is 9.64 Å². The minimum absolute atomic E-state index is 0.0265. The molecule has 1 atom stereocenters. The van der Waals surface area contributed by atoms with E-state index in [0.29, 0.717) is 13.0 Å². The Hall–Kier alpha value is -1.72. The number of para-hydroxylation sites is 1. The van der Waals surface area contributed by atoms with Gasteiger partial charge in [-0.15, -0.1) is 11.3 Å². The van der Waals surface area contributed by atoms with Gasteiger partial charge in [0, 0.05) is 23.7 Å². The average molecular weight is 346 g/mol. The van der Waals surface area contributed by atoms with Gasteiger partial charge in [-0.3, -0.25) is 4.79 Å². The smallest absolute Gasteiger partial charge is 0.233 e. The molecule has 0 fully saturated rings. The molecule has 0 unspecified atom stereocenters. The Morgan fingerprint density at radius 3 is 2.62 bits per heavy atom. The van der Waals surface area contributed by atoms with Gasteiger partial charge in [-0.1, -0.05) is 18.2 Å². The summed E-state index contributed by atoms with van der Waals surface area (Å²) in [6.45, 7) is 10.7. The third kappa shape index (κ3) is 4.42. The first kappa shape index (κ1) is 18.6. The van der Waals surface area contributed by atoms with Gasteiger partial charge in [0.15, 0.2) is 0 Å². The maximum Gasteiger partial charge on any atom is 0.233 e. The van der Waals surface area contributed by atoms with Crippen molar-refractivity contribution in [3.8, 4) is 0 Å². The summed E-state index contributed by atoms with van der Waals surface area (Å²) in [4.78, 5) is 19.3. The minimum Gasteiger partial charge on any atom is -0.372 e. The first-order chi connectivity index (χ1) is 11.4. The molecule has 1 aromatic heterocycles. The van der Waals surface area contributed by atoms with Crippen LogP contribution in [0.3, 0.4) is 0 Å². The molecular weight excluding hydrogens is 320 g/mol. The molecule has 2 rings (SSSR count). The van der Waals surface area contributed by atoms with Crippen LogP contribution in [-0.2, 0) is 16.0 Å². The van der Waals surface area contributed by atoms with Crippen LogP contribution in [0.2, 0.25) is 0 Å². The number of amides is 1. The van der Waals surface area contributed by atoms with Crippen LogP contribution in [0.4, 0.5) is 5.69 Å². The van der Waals surface area contributed by atoms with E-state index in [-0.39, 0.29) is 18.1 Å². The number of carbonyl (C=O) groups excluding carboxylic acids is 1. The molecule has 1 amide bonds. The van der Waals surface area contributed by atoms with Gasteiger partial charge in [-0.2, -0.15) is 0 Å². The van der Waals surface area contributed by atoms with Crippen LogP contribution < -0.4 is 4.90 Å². The maximum absolute atomic E-state index is 12.9. The third-order valence-electron chi connectivity index (χ3n) is 3.83. The summed E-state index contributed by atoms with van der Waals surface area (Å²) < 4.78 is 5.57. The second-order valence-electron chi connectivity index (χ2n) is 6.10. The fourth-order valence-electron chi connectivity index (χ4n) is 2.69. The van der Waals surface area contributed by atoms with Gasteiger partial charge in [0.25, 0.3) is 0 Å². The third-order valence-corrected chi connectivity index (χ3v) is 4.88. The van der Waals surface area contributed by atoms with Crippen LogP contribution >= 0.6 is 11.3 Å². The summed E-state index contributed by atoms with van der Waals surface area (Å²) >= 11 is 1.55. The van der Waals surface area contributed by atoms with Crippen molar-refractivity contribution in [2.45, 2.75) is 53.2 Å². The molecule has 5 heteroatoms. The standard InChI is InChI=1S/C19H26N2O2S/c1-6-23-15(5)19-20-16(12-24-19)11-18(22)21(13(2)3)17-10-8-7-9-14(17)4/h7-10,12-13,15H,6,11H2,1-5H3/t15-/m0/s1. The highest BCUT2D eigenvalue weighted by Crippen LogP contribution is 2.25. The molecule has 130 valence electrons. The van der Waals surface area contributed by atoms with Gasteiger partial charge in [-0.25, -0.2) is 4.98 Å². The second kappa shape index (κ2) is 8.40. The first-order valence-electron chi connectivity index (χ1n) is 8.37. The number of aromatic nitrogens is 1. The van der Waals surface area contributed by atoms with E-state index in [2.05, 4.69) is 4.98 Å². The number of hydrogen-bond donors (Lipinski definition) is 0. The Balaban J connectivity index is 2.16. The summed E-state index contributed by atoms with van der Waals surface area (Å²) in [5, 5.41) is 2.88. The van der Waals surface area contributed by atoms with Gasteiger partial charge in [0.2, 0.25) is 5.91 Å². The summed E-state index contributed by atoms with van der Waals surface area (Å²) in [7, 11) is 0. The Labute approximate surface area is 148 Å². The Morgan fingerprint density at radius 1 is 1.29 bits per heavy atom. The maximum atomic E-state index is 12.9. The molecule has 0 aliphatic carbocycles. The molecule has 0 saturated carbocycles. The summed E-state index contributed by atoms with van der Waals surface area (Å²) in [5.74, 6) is 0.0696. The first-order valence-corrected chi connectivity index (χ1v) is 9.25. The number of aryl methyl sites for hydroxylation is 1. The summed E-state index contributed by atoms with van der Waals surface area (Å²) in [6, 6.07) is 8.08. The quantitative estimate of drug-likeness (QED) is 0.739. The fraction of sp³-hybridized carbons (Fsp3) is 0.474. The molecule has 0 aliphatic heterocycles. The lowest BCUT2D eigenvalue weighted by Crippen LogP contribution is -2.38. The van der Waals surface area contributed by atoms with Crippen molar-refractivity contribution in [1.29, 1.82) is 0 Å². The van der Waals surface area contributed by atoms with E-state index in [0.717, 1.165) is 22.0 Å². The molecule has 2 aromatic rings. The van der Waals surface area contributed by atoms with Gasteiger partial charge in [0.05, 0.1) is 12.1 Å². The fourth-order valence-corrected chi connectivity index (χ4v) is 3.51. The molecule has 0 bridgehead atoms. The molecule has 0 N–H and O–H groups in total. The van der Waals surface area contributed by atoms with E-state index in [4.69, 9.17) is 4.74 Å². The molecule has 0 aliphatic rings. The Bertz CT molecular complexity index is 682. The van der Waals surface area contributed by atoms with E-state index in [9.17, 15) is 4.79 Å². The van der Waals surface area contributed by atoms with Crippen molar-refractivity contribution in [3.63, 3.8) is 0 Å². The number of thiazole rings is 1. The number of benzene rings is 1. The van der Waals surface area contributed by atoms with E-state index in [1.165, 1.54) is 0 Å². The van der Waals surface area contributed by atoms with Crippen LogP contribution in [0.5, 0.6) is 0 Å². The molecule has 4 nitrogen and oxygen atoms in total. The minimum atomic E-state index is -0.0265. The molecule has 24 heavy (non-hydrogen) atoms. The van der Waals surface area contributed by atoms with E-state index >= 15 is 0 Å². The molecule has 1 aromatic carbocycles. The molecule has 0 spiro atoms. The topological polar surface area (TPSA) is 42.4 Å². The van der Waals surface area contributed by atoms with Crippen molar-refractivity contribution in [2.75, 3.05) is 11.5 Å². The normalized spacial score (nSPS) is 12.4. The zero-order valence-corrected chi connectivity index (χ0v) is 15.9. The molecule has 0 saturated heterocycles. The van der Waals surface area contributed by atoms with Crippen molar-refractivity contribution in [1.82, 2.24) is 4.98 Å². The largest absolute Gasteiger partial charge is 0.372 e. The zero-order valence-electron chi connectivity index (χ0n) is 15.1. The average Bonchev–Trinajstić information content (AvgIpc) is 2.98. The van der Waals surface area contributed by atoms with Gasteiger partial charge in [0.1, 0.15) is 11.1 Å². The number of nitrogens with zero attached hydrogens (tertiary/aromatic N) is 2. The predicted octanol–water partition coefficient (Wildman–Crippen LogP) is 4.53. The van der Waals surface area contributed by atoms with Gasteiger partial charge >= 0.3 is 0 Å². The van der Waals surface area contributed by atoms with E-state index in [1.807, 2.05) is 69.2 Å². The van der Waals surface area contributed by atoms with Crippen molar-refractivity contribution in [3.05, 3.63) is 45.9 Å². The van der Waals surface area contributed by atoms with Gasteiger partial charge in [-0.05, 0) is 46.2 Å². The van der Waals surface area contributed by atoms with Crippen LogP contribution in [0, 0.1) is 6.92 Å². The highest BCUT2D eigenvalue weighted by molar-refractivity contribution is 7.09. The number of anilines is 1. The lowest BCUT2D eigenvalue weighted by molar-refractivity contribution is -0.118. The second-order valence-corrected chi connectivity index (χ2v) is 6.99. The lowest BCUT2D eigenvalue weighted by Gasteiger charge is -2.28. The summed E-state index contributed by atoms with van der Waals surface area (Å²) in [6.07, 6.45) is 0.281. The van der Waals surface area contributed by atoms with Crippen LogP contribution in [0.15, 0.2) is 29.6 Å². The van der Waals surface area contributed by atoms with Crippen LogP contribution in [-0.4, -0.2) is 23.5 Å². The summed E-state index contributed by atoms with van der Waals surface area (Å²) in [5.41, 5.74) is 2.88. The molecular formula is C19H26N2O2S. The van der Waals surface area contributed by atoms with Crippen molar-refractivity contribution < 1.29 is 9.53 Å². The number of hydrogen-bond acceptors (Lipinski definition) is 4. The number of ether oxygens (including phenoxy) is 1. The number of carbonyl (C=O) groups is 1. The SMILES string of the molecule is CCO[C@@H](C)c1nc(CC(=O)N(c2ccccc2C)C(C)C)cs1. The Kier molecular flexibility index (Phi) is 6.52. The number of rotatable bonds is 7. The predicted molar refractivity (Wildman–Crippen MR) is 99.7 cm³/mol. The highest BCUT2D eigenvalue weighted by atomic mass is 32.1. The molecule has 0 radical (unpaired) electrons. The zero-order chi connectivity index (χ0) is 17.7. The monoisotopic (exact) mass is 346 g/mol. The van der Waals surface area contributed by atoms with Crippen molar-refractivity contribution >= 4 is 22.9 Å². The van der Waals surface area contributed by atoms with E-state index < -0.39 is 0 Å². The molecule has 1 heterocycles. The van der Waals surface area contributed by atoms with Crippen LogP contribution in [0.25, 0.3) is 0 Å².